The lowest BCUT2D eigenvalue weighted by atomic mass is 10.2. The maximum absolute atomic E-state index is 5.45. The Balaban J connectivity index is 4.71. The summed E-state index contributed by atoms with van der Waals surface area (Å²) in [6.45, 7) is 3.34. The van der Waals surface area contributed by atoms with Crippen LogP contribution in [0, 0.1) is 0 Å². The molecule has 0 unspecified atom stereocenters. The van der Waals surface area contributed by atoms with Gasteiger partial charge in [-0.1, -0.05) is 0 Å². The fraction of sp³-hybridized carbons (Fsp3) is 0.333. The molecule has 10 heavy (non-hydrogen) atoms. The zero-order valence-electron chi connectivity index (χ0n) is 6.31. The van der Waals surface area contributed by atoms with Crippen molar-refractivity contribution < 1.29 is 0 Å². The first kappa shape index (κ1) is 8.68. The lowest BCUT2D eigenvalue weighted by Crippen LogP contribution is -2.18. The molecule has 0 rings (SSSR count). The van der Waals surface area contributed by atoms with Crippen LogP contribution >= 0.6 is 0 Å². The summed E-state index contributed by atoms with van der Waals surface area (Å²) in [4.78, 5) is 0. The minimum absolute atomic E-state index is 0.361. The Labute approximate surface area is 60.5 Å². The average Bonchev–Trinajstić information content (AvgIpc) is 1.84. The van der Waals surface area contributed by atoms with Crippen LogP contribution in [0.4, 0.5) is 0 Å². The van der Waals surface area contributed by atoms with Gasteiger partial charge in [-0.05, 0) is 13.8 Å². The summed E-state index contributed by atoms with van der Waals surface area (Å²) in [6.07, 6.45) is 0. The van der Waals surface area contributed by atoms with Crippen LogP contribution in [0.15, 0.2) is 22.8 Å². The first-order chi connectivity index (χ1) is 4.46. The van der Waals surface area contributed by atoms with E-state index in [0.717, 1.165) is 0 Å². The molecule has 0 saturated heterocycles. The lowest BCUT2D eigenvalue weighted by Gasteiger charge is -2.04. The van der Waals surface area contributed by atoms with Gasteiger partial charge in [-0.3, -0.25) is 0 Å². The van der Waals surface area contributed by atoms with Gasteiger partial charge in [0, 0.05) is 11.4 Å². The Morgan fingerprint density at radius 2 is 0.900 bits per heavy atom. The molecule has 0 saturated carbocycles. The number of hydrogen-bond donors (Lipinski definition) is 4. The van der Waals surface area contributed by atoms with Gasteiger partial charge >= 0.3 is 0 Å². The van der Waals surface area contributed by atoms with Crippen LogP contribution < -0.4 is 22.9 Å². The zero-order valence-corrected chi connectivity index (χ0v) is 6.31. The highest BCUT2D eigenvalue weighted by Gasteiger charge is 1.99. The Bertz CT molecular complexity index is 160. The van der Waals surface area contributed by atoms with E-state index in [-0.39, 0.29) is 0 Å². The van der Waals surface area contributed by atoms with Gasteiger partial charge < -0.3 is 22.9 Å². The molecule has 0 aliphatic heterocycles. The van der Waals surface area contributed by atoms with Crippen molar-refractivity contribution in [1.82, 2.24) is 0 Å². The highest BCUT2D eigenvalue weighted by atomic mass is 14.8. The van der Waals surface area contributed by atoms with Crippen molar-refractivity contribution >= 4 is 0 Å². The number of allylic oxidation sites excluding steroid dienone is 2. The number of rotatable bonds is 1. The lowest BCUT2D eigenvalue weighted by molar-refractivity contribution is 1.09. The minimum Gasteiger partial charge on any atom is -0.401 e. The molecule has 0 bridgehead atoms. The van der Waals surface area contributed by atoms with E-state index in [1.807, 2.05) is 0 Å². The van der Waals surface area contributed by atoms with Crippen molar-refractivity contribution in [2.45, 2.75) is 13.8 Å². The molecule has 4 nitrogen and oxygen atoms in total. The van der Waals surface area contributed by atoms with E-state index in [2.05, 4.69) is 0 Å². The molecule has 0 aromatic rings. The molecule has 0 fully saturated rings. The Morgan fingerprint density at radius 3 is 1.00 bits per heavy atom. The molecule has 0 heterocycles. The van der Waals surface area contributed by atoms with E-state index in [0.29, 0.717) is 22.8 Å². The summed E-state index contributed by atoms with van der Waals surface area (Å²) < 4.78 is 0. The summed E-state index contributed by atoms with van der Waals surface area (Å²) >= 11 is 0. The third-order valence-electron chi connectivity index (χ3n) is 1.14. The molecule has 0 amide bonds. The first-order valence-electron chi connectivity index (χ1n) is 2.90. The SMILES string of the molecule is C/C(N)=C(N)/C(N)=C(/C)N. The molecule has 0 aromatic heterocycles. The van der Waals surface area contributed by atoms with Gasteiger partial charge in [-0.2, -0.15) is 0 Å². The zero-order chi connectivity index (χ0) is 8.31. The largest absolute Gasteiger partial charge is 0.401 e. The quantitative estimate of drug-likeness (QED) is 0.363. The van der Waals surface area contributed by atoms with Gasteiger partial charge in [0.05, 0.1) is 11.4 Å². The standard InChI is InChI=1S/C6H14N4/c1-3(7)5(9)6(10)4(2)8/h7-10H2,1-2H3/b5-3+,6-4+. The molecule has 8 N–H and O–H groups in total. The fourth-order valence-corrected chi connectivity index (χ4v) is 0.425. The van der Waals surface area contributed by atoms with Crippen LogP contribution in [-0.2, 0) is 0 Å². The van der Waals surface area contributed by atoms with E-state index in [1.54, 1.807) is 13.8 Å². The van der Waals surface area contributed by atoms with E-state index >= 15 is 0 Å². The van der Waals surface area contributed by atoms with Gasteiger partial charge in [0.15, 0.2) is 0 Å². The third-order valence-corrected chi connectivity index (χ3v) is 1.14. The molecule has 0 aliphatic rings. The summed E-state index contributed by atoms with van der Waals surface area (Å²) in [5.41, 5.74) is 23.3. The molecule has 0 radical (unpaired) electrons. The topological polar surface area (TPSA) is 104 Å². The summed E-state index contributed by atoms with van der Waals surface area (Å²) in [5.74, 6) is 0. The normalized spacial score (nSPS) is 15.8. The van der Waals surface area contributed by atoms with Crippen LogP contribution in [0.2, 0.25) is 0 Å². The third kappa shape index (κ3) is 1.89. The number of nitrogens with two attached hydrogens (primary N) is 4. The predicted octanol–water partition coefficient (Wildman–Crippen LogP) is -0.716. The van der Waals surface area contributed by atoms with Gasteiger partial charge in [-0.25, -0.2) is 0 Å². The number of hydrogen-bond acceptors (Lipinski definition) is 4. The van der Waals surface area contributed by atoms with Crippen molar-refractivity contribution in [3.05, 3.63) is 22.8 Å². The Morgan fingerprint density at radius 1 is 0.700 bits per heavy atom. The van der Waals surface area contributed by atoms with Crippen LogP contribution in [0.1, 0.15) is 13.8 Å². The van der Waals surface area contributed by atoms with Crippen LogP contribution in [-0.4, -0.2) is 0 Å². The molecule has 0 spiro atoms. The molecular weight excluding hydrogens is 128 g/mol. The summed E-state index contributed by atoms with van der Waals surface area (Å²) in [5, 5.41) is 0. The van der Waals surface area contributed by atoms with Crippen LogP contribution in [0.3, 0.4) is 0 Å². The van der Waals surface area contributed by atoms with E-state index in [4.69, 9.17) is 22.9 Å². The Kier molecular flexibility index (Phi) is 2.61. The molecular formula is C6H14N4. The average molecular weight is 142 g/mol. The second kappa shape index (κ2) is 3.00. The Hall–Kier alpha value is -1.32. The van der Waals surface area contributed by atoms with Crippen molar-refractivity contribution in [2.75, 3.05) is 0 Å². The van der Waals surface area contributed by atoms with Crippen molar-refractivity contribution in [2.24, 2.45) is 22.9 Å². The smallest absolute Gasteiger partial charge is 0.0753 e. The van der Waals surface area contributed by atoms with Crippen molar-refractivity contribution in [3.8, 4) is 0 Å². The summed E-state index contributed by atoms with van der Waals surface area (Å²) in [6, 6.07) is 0. The first-order valence-corrected chi connectivity index (χ1v) is 2.90. The van der Waals surface area contributed by atoms with E-state index in [9.17, 15) is 0 Å². The highest BCUT2D eigenvalue weighted by molar-refractivity contribution is 5.30. The van der Waals surface area contributed by atoms with Gasteiger partial charge in [0.1, 0.15) is 0 Å². The summed E-state index contributed by atoms with van der Waals surface area (Å²) in [7, 11) is 0. The van der Waals surface area contributed by atoms with E-state index in [1.165, 1.54) is 0 Å². The van der Waals surface area contributed by atoms with Gasteiger partial charge in [0.2, 0.25) is 0 Å². The van der Waals surface area contributed by atoms with Gasteiger partial charge in [-0.15, -0.1) is 0 Å². The van der Waals surface area contributed by atoms with Crippen LogP contribution in [0.5, 0.6) is 0 Å². The molecule has 0 atom stereocenters. The second-order valence-electron chi connectivity index (χ2n) is 2.19. The predicted molar refractivity (Wildman–Crippen MR) is 42.1 cm³/mol. The van der Waals surface area contributed by atoms with Crippen molar-refractivity contribution in [3.63, 3.8) is 0 Å². The molecule has 58 valence electrons. The molecule has 4 heteroatoms. The second-order valence-corrected chi connectivity index (χ2v) is 2.19. The van der Waals surface area contributed by atoms with Crippen molar-refractivity contribution in [1.29, 1.82) is 0 Å². The molecule has 0 aromatic carbocycles. The fourth-order valence-electron chi connectivity index (χ4n) is 0.425. The maximum Gasteiger partial charge on any atom is 0.0753 e. The van der Waals surface area contributed by atoms with E-state index < -0.39 is 0 Å². The van der Waals surface area contributed by atoms with Gasteiger partial charge in [0.25, 0.3) is 0 Å². The highest BCUT2D eigenvalue weighted by Crippen LogP contribution is 2.00. The molecule has 0 aliphatic carbocycles. The monoisotopic (exact) mass is 142 g/mol. The van der Waals surface area contributed by atoms with Crippen LogP contribution in [0.25, 0.3) is 0 Å². The minimum atomic E-state index is 0.361. The maximum atomic E-state index is 5.45.